The summed E-state index contributed by atoms with van der Waals surface area (Å²) in [5.41, 5.74) is 4.75. The van der Waals surface area contributed by atoms with Crippen LogP contribution < -0.4 is 5.73 Å². The van der Waals surface area contributed by atoms with E-state index in [1.165, 1.54) is 12.1 Å². The standard InChI is InChI=1S/C14H12F3NO2S/c15-11-6-7-12(18)13(8-11)21(19,20)9-14(16,17)10-4-2-1-3-5-10/h1-8H,9,18H2. The molecule has 2 N–H and O–H groups in total. The maximum Gasteiger partial charge on any atom is 0.287 e. The van der Waals surface area contributed by atoms with Gasteiger partial charge >= 0.3 is 0 Å². The molecule has 0 aliphatic carbocycles. The van der Waals surface area contributed by atoms with Crippen molar-refractivity contribution in [3.05, 3.63) is 59.9 Å². The van der Waals surface area contributed by atoms with Gasteiger partial charge in [-0.1, -0.05) is 30.3 Å². The summed E-state index contributed by atoms with van der Waals surface area (Å²) in [5, 5.41) is 0. The first-order valence-corrected chi connectivity index (χ1v) is 7.59. The van der Waals surface area contributed by atoms with Crippen molar-refractivity contribution < 1.29 is 21.6 Å². The number of hydrogen-bond acceptors (Lipinski definition) is 3. The molecule has 0 aromatic heterocycles. The predicted octanol–water partition coefficient (Wildman–Crippen LogP) is 2.97. The number of rotatable bonds is 4. The molecule has 2 aromatic rings. The summed E-state index contributed by atoms with van der Waals surface area (Å²) in [6, 6.07) is 9.20. The molecule has 0 radical (unpaired) electrons. The highest BCUT2D eigenvalue weighted by Crippen LogP contribution is 2.33. The maximum atomic E-state index is 14.1. The zero-order valence-corrected chi connectivity index (χ0v) is 11.6. The van der Waals surface area contributed by atoms with Crippen molar-refractivity contribution in [1.29, 1.82) is 0 Å². The molecule has 0 saturated carbocycles. The first-order valence-electron chi connectivity index (χ1n) is 5.93. The number of benzene rings is 2. The SMILES string of the molecule is Nc1ccc(F)cc1S(=O)(=O)CC(F)(F)c1ccccc1. The highest BCUT2D eigenvalue weighted by molar-refractivity contribution is 7.91. The van der Waals surface area contributed by atoms with Crippen LogP contribution in [0.15, 0.2) is 53.4 Å². The molecule has 0 spiro atoms. The van der Waals surface area contributed by atoms with E-state index in [0.29, 0.717) is 6.07 Å². The molecule has 0 unspecified atom stereocenters. The molecule has 0 heterocycles. The van der Waals surface area contributed by atoms with Gasteiger partial charge in [0.25, 0.3) is 5.92 Å². The van der Waals surface area contributed by atoms with E-state index in [2.05, 4.69) is 0 Å². The molecular weight excluding hydrogens is 303 g/mol. The van der Waals surface area contributed by atoms with Crippen LogP contribution in [-0.4, -0.2) is 14.2 Å². The second-order valence-electron chi connectivity index (χ2n) is 4.51. The van der Waals surface area contributed by atoms with Crippen LogP contribution in [0.3, 0.4) is 0 Å². The second kappa shape index (κ2) is 5.40. The van der Waals surface area contributed by atoms with Crippen molar-refractivity contribution in [3.8, 4) is 0 Å². The van der Waals surface area contributed by atoms with Crippen molar-refractivity contribution >= 4 is 15.5 Å². The predicted molar refractivity (Wildman–Crippen MR) is 73.2 cm³/mol. The highest BCUT2D eigenvalue weighted by atomic mass is 32.2. The van der Waals surface area contributed by atoms with Crippen LogP contribution in [0.4, 0.5) is 18.9 Å². The van der Waals surface area contributed by atoms with E-state index in [9.17, 15) is 21.6 Å². The highest BCUT2D eigenvalue weighted by Gasteiger charge is 2.38. The summed E-state index contributed by atoms with van der Waals surface area (Å²) in [4.78, 5) is -0.627. The van der Waals surface area contributed by atoms with Gasteiger partial charge in [-0.15, -0.1) is 0 Å². The van der Waals surface area contributed by atoms with Gasteiger partial charge in [0.05, 0.1) is 10.6 Å². The van der Waals surface area contributed by atoms with Gasteiger partial charge in [-0.2, -0.15) is 0 Å². The van der Waals surface area contributed by atoms with E-state index in [-0.39, 0.29) is 5.69 Å². The summed E-state index contributed by atoms with van der Waals surface area (Å²) < 4.78 is 65.4. The third-order valence-electron chi connectivity index (χ3n) is 2.88. The molecule has 21 heavy (non-hydrogen) atoms. The molecule has 7 heteroatoms. The molecule has 0 atom stereocenters. The molecular formula is C14H12F3NO2S. The van der Waals surface area contributed by atoms with E-state index >= 15 is 0 Å². The Labute approximate surface area is 120 Å². The summed E-state index contributed by atoms with van der Waals surface area (Å²) >= 11 is 0. The van der Waals surface area contributed by atoms with Crippen LogP contribution in [0.2, 0.25) is 0 Å². The van der Waals surface area contributed by atoms with Gasteiger partial charge < -0.3 is 5.73 Å². The monoisotopic (exact) mass is 315 g/mol. The zero-order chi connectivity index (χ0) is 15.7. The Hall–Kier alpha value is -2.02. The minimum atomic E-state index is -4.43. The second-order valence-corrected chi connectivity index (χ2v) is 6.47. The Morgan fingerprint density at radius 2 is 1.67 bits per heavy atom. The van der Waals surface area contributed by atoms with Gasteiger partial charge in [-0.3, -0.25) is 0 Å². The lowest BCUT2D eigenvalue weighted by Gasteiger charge is -2.17. The smallest absolute Gasteiger partial charge is 0.287 e. The Morgan fingerprint density at radius 1 is 1.05 bits per heavy atom. The molecule has 112 valence electrons. The van der Waals surface area contributed by atoms with Crippen molar-refractivity contribution in [1.82, 2.24) is 0 Å². The fourth-order valence-corrected chi connectivity index (χ4v) is 3.38. The number of hydrogen-bond donors (Lipinski definition) is 1. The summed E-state index contributed by atoms with van der Waals surface area (Å²) in [5.74, 6) is -5.93. The van der Waals surface area contributed by atoms with E-state index in [1.807, 2.05) is 0 Å². The average Bonchev–Trinajstić information content (AvgIpc) is 2.41. The molecule has 0 fully saturated rings. The van der Waals surface area contributed by atoms with Gasteiger partial charge in [-0.05, 0) is 18.2 Å². The molecule has 0 amide bonds. The van der Waals surface area contributed by atoms with E-state index < -0.39 is 37.8 Å². The third-order valence-corrected chi connectivity index (χ3v) is 4.64. The Morgan fingerprint density at radius 3 is 2.29 bits per heavy atom. The lowest BCUT2D eigenvalue weighted by Crippen LogP contribution is -2.26. The van der Waals surface area contributed by atoms with Crippen LogP contribution in [0.25, 0.3) is 0 Å². The molecule has 3 nitrogen and oxygen atoms in total. The van der Waals surface area contributed by atoms with Crippen LogP contribution >= 0.6 is 0 Å². The number of sulfone groups is 1. The van der Waals surface area contributed by atoms with Gasteiger partial charge in [0.2, 0.25) is 0 Å². The van der Waals surface area contributed by atoms with Crippen LogP contribution in [0.1, 0.15) is 5.56 Å². The number of nitrogen functional groups attached to an aromatic ring is 1. The average molecular weight is 315 g/mol. The third kappa shape index (κ3) is 3.36. The fourth-order valence-electron chi connectivity index (χ4n) is 1.86. The van der Waals surface area contributed by atoms with Gasteiger partial charge in [-0.25, -0.2) is 21.6 Å². The van der Waals surface area contributed by atoms with Crippen LogP contribution in [0, 0.1) is 5.82 Å². The van der Waals surface area contributed by atoms with Gasteiger partial charge in [0.15, 0.2) is 9.84 Å². The van der Waals surface area contributed by atoms with Crippen LogP contribution in [-0.2, 0) is 15.8 Å². The fraction of sp³-hybridized carbons (Fsp3) is 0.143. The van der Waals surface area contributed by atoms with Crippen molar-refractivity contribution in [2.45, 2.75) is 10.8 Å². The van der Waals surface area contributed by atoms with Crippen LogP contribution in [0.5, 0.6) is 0 Å². The van der Waals surface area contributed by atoms with Gasteiger partial charge in [0, 0.05) is 5.56 Å². The van der Waals surface area contributed by atoms with Crippen molar-refractivity contribution in [2.75, 3.05) is 11.5 Å². The molecule has 0 saturated heterocycles. The summed E-state index contributed by atoms with van der Waals surface area (Å²) in [6.45, 7) is 0. The van der Waals surface area contributed by atoms with E-state index in [4.69, 9.17) is 5.73 Å². The zero-order valence-electron chi connectivity index (χ0n) is 10.8. The lowest BCUT2D eigenvalue weighted by molar-refractivity contribution is 0.0213. The number of alkyl halides is 2. The molecule has 2 rings (SSSR count). The van der Waals surface area contributed by atoms with E-state index in [0.717, 1.165) is 24.3 Å². The normalized spacial score (nSPS) is 12.3. The summed E-state index contributed by atoms with van der Waals surface area (Å²) in [7, 11) is -4.43. The Kier molecular flexibility index (Phi) is 3.95. The molecule has 0 aliphatic rings. The minimum absolute atomic E-state index is 0.264. The number of halogens is 3. The van der Waals surface area contributed by atoms with Crippen molar-refractivity contribution in [3.63, 3.8) is 0 Å². The number of nitrogens with two attached hydrogens (primary N) is 1. The first kappa shape index (κ1) is 15.4. The molecule has 0 bridgehead atoms. The maximum absolute atomic E-state index is 14.1. The quantitative estimate of drug-likeness (QED) is 0.882. The molecule has 0 aliphatic heterocycles. The largest absolute Gasteiger partial charge is 0.398 e. The Balaban J connectivity index is 2.40. The van der Waals surface area contributed by atoms with E-state index in [1.54, 1.807) is 6.07 Å². The number of anilines is 1. The summed E-state index contributed by atoms with van der Waals surface area (Å²) in [6.07, 6.45) is 0. The lowest BCUT2D eigenvalue weighted by atomic mass is 10.1. The van der Waals surface area contributed by atoms with Crippen molar-refractivity contribution in [2.24, 2.45) is 0 Å². The first-order chi connectivity index (χ1) is 9.72. The Bertz CT molecular complexity index is 746. The minimum Gasteiger partial charge on any atom is -0.398 e. The van der Waals surface area contributed by atoms with Gasteiger partial charge in [0.1, 0.15) is 11.6 Å². The topological polar surface area (TPSA) is 60.2 Å². The molecule has 2 aromatic carbocycles.